The average molecular weight is 317 g/mol. The quantitative estimate of drug-likeness (QED) is 0.438. The minimum absolute atomic E-state index is 0.0966. The van der Waals surface area contributed by atoms with Crippen molar-refractivity contribution in [3.8, 4) is 11.8 Å². The molecule has 3 rings (SSSR count). The highest BCUT2D eigenvalue weighted by molar-refractivity contribution is 5.88. The molecule has 0 saturated heterocycles. The fraction of sp³-hybridized carbons (Fsp3) is 0.100. The van der Waals surface area contributed by atoms with Gasteiger partial charge in [0.15, 0.2) is 0 Å². The van der Waals surface area contributed by atoms with E-state index < -0.39 is 11.0 Å². The lowest BCUT2D eigenvalue weighted by molar-refractivity contribution is -0.386. The smallest absolute Gasteiger partial charge is 0.275 e. The van der Waals surface area contributed by atoms with Gasteiger partial charge in [0.05, 0.1) is 16.6 Å². The third-order valence-corrected chi connectivity index (χ3v) is 3.81. The zero-order valence-corrected chi connectivity index (χ0v) is 13.1. The minimum Gasteiger partial charge on any atom is -0.388 e. The van der Waals surface area contributed by atoms with Gasteiger partial charge in [-0.25, -0.2) is 0 Å². The maximum Gasteiger partial charge on any atom is 0.275 e. The van der Waals surface area contributed by atoms with E-state index in [9.17, 15) is 15.2 Å². The molecular weight excluding hydrogens is 302 g/mol. The molecule has 118 valence electrons. The van der Waals surface area contributed by atoms with E-state index in [1.54, 1.807) is 12.1 Å². The fourth-order valence-electron chi connectivity index (χ4n) is 2.61. The molecule has 0 fully saturated rings. The zero-order valence-electron chi connectivity index (χ0n) is 13.1. The summed E-state index contributed by atoms with van der Waals surface area (Å²) in [4.78, 5) is 10.5. The third kappa shape index (κ3) is 3.12. The zero-order chi connectivity index (χ0) is 17.1. The molecule has 4 nitrogen and oxygen atoms in total. The van der Waals surface area contributed by atoms with Crippen molar-refractivity contribution in [1.82, 2.24) is 0 Å². The number of benzene rings is 3. The van der Waals surface area contributed by atoms with Crippen molar-refractivity contribution in [1.29, 1.82) is 0 Å². The van der Waals surface area contributed by atoms with Crippen molar-refractivity contribution in [3.63, 3.8) is 0 Å². The first-order chi connectivity index (χ1) is 11.6. The molecule has 0 aliphatic rings. The van der Waals surface area contributed by atoms with Gasteiger partial charge in [0.2, 0.25) is 0 Å². The van der Waals surface area contributed by atoms with E-state index in [0.29, 0.717) is 5.56 Å². The van der Waals surface area contributed by atoms with Gasteiger partial charge in [0.1, 0.15) is 0 Å². The molecule has 0 saturated carbocycles. The largest absolute Gasteiger partial charge is 0.388 e. The van der Waals surface area contributed by atoms with Crippen molar-refractivity contribution in [3.05, 3.63) is 87.5 Å². The number of aliphatic hydroxyl groups excluding tert-OH is 1. The van der Waals surface area contributed by atoms with Crippen molar-refractivity contribution >= 4 is 16.5 Å². The van der Waals surface area contributed by atoms with E-state index in [1.807, 2.05) is 42.5 Å². The predicted octanol–water partition coefficient (Wildman–Crippen LogP) is 4.20. The number of fused-ring (bicyclic) bond motifs is 1. The van der Waals surface area contributed by atoms with Crippen LogP contribution in [0, 0.1) is 22.0 Å². The molecule has 24 heavy (non-hydrogen) atoms. The Balaban J connectivity index is 2.05. The highest BCUT2D eigenvalue weighted by Gasteiger charge is 2.17. The van der Waals surface area contributed by atoms with Crippen LogP contribution in [0.3, 0.4) is 0 Å². The molecule has 0 spiro atoms. The van der Waals surface area contributed by atoms with E-state index in [0.717, 1.165) is 16.3 Å². The van der Waals surface area contributed by atoms with Crippen LogP contribution in [0.1, 0.15) is 29.7 Å². The van der Waals surface area contributed by atoms with Crippen molar-refractivity contribution in [2.75, 3.05) is 0 Å². The summed E-state index contributed by atoms with van der Waals surface area (Å²) in [5.41, 5.74) is 1.69. The van der Waals surface area contributed by atoms with Crippen LogP contribution in [0.5, 0.6) is 0 Å². The third-order valence-electron chi connectivity index (χ3n) is 3.81. The molecule has 0 radical (unpaired) electrons. The molecule has 0 aromatic heterocycles. The fourth-order valence-corrected chi connectivity index (χ4v) is 2.61. The van der Waals surface area contributed by atoms with E-state index in [1.165, 1.54) is 13.0 Å². The lowest BCUT2D eigenvalue weighted by Gasteiger charge is -2.06. The second kappa shape index (κ2) is 6.53. The summed E-state index contributed by atoms with van der Waals surface area (Å²) in [6.07, 6.45) is -0.926. The van der Waals surface area contributed by atoms with Gasteiger partial charge in [0, 0.05) is 17.2 Å². The summed E-state index contributed by atoms with van der Waals surface area (Å²) in [6.45, 7) is 1.50. The molecule has 1 unspecified atom stereocenters. The van der Waals surface area contributed by atoms with Gasteiger partial charge in [-0.15, -0.1) is 0 Å². The van der Waals surface area contributed by atoms with Crippen LogP contribution in [0.15, 0.2) is 60.7 Å². The van der Waals surface area contributed by atoms with Crippen molar-refractivity contribution < 1.29 is 10.0 Å². The number of rotatable bonds is 2. The first-order valence-corrected chi connectivity index (χ1v) is 7.52. The number of nitro benzene ring substituents is 1. The monoisotopic (exact) mass is 317 g/mol. The summed E-state index contributed by atoms with van der Waals surface area (Å²) in [5, 5.41) is 22.9. The number of hydrogen-bond donors (Lipinski definition) is 1. The Hall–Kier alpha value is -3.16. The van der Waals surface area contributed by atoms with Gasteiger partial charge >= 0.3 is 0 Å². The Kier molecular flexibility index (Phi) is 4.28. The Morgan fingerprint density at radius 3 is 2.54 bits per heavy atom. The van der Waals surface area contributed by atoms with Crippen molar-refractivity contribution in [2.24, 2.45) is 0 Å². The molecule has 0 bridgehead atoms. The van der Waals surface area contributed by atoms with Gasteiger partial charge in [-0.05, 0) is 35.9 Å². The van der Waals surface area contributed by atoms with E-state index in [4.69, 9.17) is 0 Å². The molecule has 0 heterocycles. The van der Waals surface area contributed by atoms with E-state index in [2.05, 4.69) is 11.8 Å². The van der Waals surface area contributed by atoms with Gasteiger partial charge in [-0.1, -0.05) is 48.2 Å². The standard InChI is InChI=1S/C20H15NO3/c1-14(22)19-13-15(10-12-20(19)21(23)24)9-11-17-7-4-6-16-5-2-3-8-18(16)17/h2-8,10,12-14,22H,1H3. The Morgan fingerprint density at radius 1 is 1.04 bits per heavy atom. The molecule has 0 aliphatic carbocycles. The van der Waals surface area contributed by atoms with Crippen LogP contribution >= 0.6 is 0 Å². The molecule has 4 heteroatoms. The van der Waals surface area contributed by atoms with Crippen molar-refractivity contribution in [2.45, 2.75) is 13.0 Å². The van der Waals surface area contributed by atoms with Crippen LogP contribution in [-0.4, -0.2) is 10.0 Å². The molecule has 3 aromatic rings. The summed E-state index contributed by atoms with van der Waals surface area (Å²) in [7, 11) is 0. The summed E-state index contributed by atoms with van der Waals surface area (Å²) in [5.74, 6) is 6.15. The first kappa shape index (κ1) is 15.7. The lowest BCUT2D eigenvalue weighted by atomic mass is 10.0. The first-order valence-electron chi connectivity index (χ1n) is 7.52. The van der Waals surface area contributed by atoms with Gasteiger partial charge in [-0.3, -0.25) is 10.1 Å². The van der Waals surface area contributed by atoms with Gasteiger partial charge in [-0.2, -0.15) is 0 Å². The highest BCUT2D eigenvalue weighted by atomic mass is 16.6. The predicted molar refractivity (Wildman–Crippen MR) is 93.7 cm³/mol. The molecular formula is C20H15NO3. The Labute approximate surface area is 139 Å². The second-order valence-corrected chi connectivity index (χ2v) is 5.48. The number of hydrogen-bond acceptors (Lipinski definition) is 3. The average Bonchev–Trinajstić information content (AvgIpc) is 2.59. The molecule has 0 amide bonds. The second-order valence-electron chi connectivity index (χ2n) is 5.48. The maximum absolute atomic E-state index is 11.0. The van der Waals surface area contributed by atoms with Gasteiger partial charge < -0.3 is 5.11 Å². The van der Waals surface area contributed by atoms with E-state index >= 15 is 0 Å². The number of aliphatic hydroxyl groups is 1. The SMILES string of the molecule is CC(O)c1cc(C#Cc2cccc3ccccc23)ccc1[N+](=O)[O-]. The topological polar surface area (TPSA) is 63.4 Å². The van der Waals surface area contributed by atoms with Crippen LogP contribution < -0.4 is 0 Å². The molecule has 1 N–H and O–H groups in total. The molecule has 0 aliphatic heterocycles. The van der Waals surface area contributed by atoms with Crippen LogP contribution in [0.4, 0.5) is 5.69 Å². The van der Waals surface area contributed by atoms with E-state index in [-0.39, 0.29) is 11.3 Å². The highest BCUT2D eigenvalue weighted by Crippen LogP contribution is 2.26. The normalized spacial score (nSPS) is 11.6. The maximum atomic E-state index is 11.0. The lowest BCUT2D eigenvalue weighted by Crippen LogP contribution is -1.99. The Morgan fingerprint density at radius 2 is 1.79 bits per heavy atom. The number of nitrogens with zero attached hydrogens (tertiary/aromatic N) is 1. The van der Waals surface area contributed by atoms with Gasteiger partial charge in [0.25, 0.3) is 5.69 Å². The number of nitro groups is 1. The minimum atomic E-state index is -0.926. The summed E-state index contributed by atoms with van der Waals surface area (Å²) in [6, 6.07) is 18.4. The molecule has 3 aromatic carbocycles. The molecule has 1 atom stereocenters. The summed E-state index contributed by atoms with van der Waals surface area (Å²) < 4.78 is 0. The Bertz CT molecular complexity index is 976. The summed E-state index contributed by atoms with van der Waals surface area (Å²) >= 11 is 0. The van der Waals surface area contributed by atoms with Crippen LogP contribution in [0.25, 0.3) is 10.8 Å². The van der Waals surface area contributed by atoms with Crippen LogP contribution in [0.2, 0.25) is 0 Å². The van der Waals surface area contributed by atoms with Crippen LogP contribution in [-0.2, 0) is 0 Å².